The van der Waals surface area contributed by atoms with Crippen LogP contribution in [0.3, 0.4) is 0 Å². The number of ether oxygens (including phenoxy) is 1. The van der Waals surface area contributed by atoms with Crippen LogP contribution < -0.4 is 11.1 Å². The lowest BCUT2D eigenvalue weighted by molar-refractivity contribution is -0.141. The Balaban J connectivity index is 2.30. The molecule has 0 spiro atoms. The summed E-state index contributed by atoms with van der Waals surface area (Å²) in [6.07, 6.45) is 1.63. The van der Waals surface area contributed by atoms with E-state index in [0.717, 1.165) is 12.8 Å². The summed E-state index contributed by atoms with van der Waals surface area (Å²) in [5.74, 6) is -0.582. The molecule has 0 aromatic carbocycles. The minimum Gasteiger partial charge on any atom is -0.468 e. The Kier molecular flexibility index (Phi) is 2.87. The Morgan fingerprint density at radius 2 is 2.15 bits per heavy atom. The standard InChI is InChI=1S/C8H14N2O3/c1-13-6(11)4-10-7(12)8(5-9)2-3-8/h2-5,9H2,1H3,(H,10,12). The summed E-state index contributed by atoms with van der Waals surface area (Å²) in [6, 6.07) is 0. The molecule has 0 atom stereocenters. The molecule has 0 heterocycles. The van der Waals surface area contributed by atoms with Gasteiger partial charge in [-0.2, -0.15) is 0 Å². The first-order valence-electron chi connectivity index (χ1n) is 4.20. The highest BCUT2D eigenvalue weighted by atomic mass is 16.5. The summed E-state index contributed by atoms with van der Waals surface area (Å²) in [7, 11) is 1.28. The largest absolute Gasteiger partial charge is 0.468 e. The molecule has 1 amide bonds. The highest BCUT2D eigenvalue weighted by Crippen LogP contribution is 2.44. The summed E-state index contributed by atoms with van der Waals surface area (Å²) >= 11 is 0. The third-order valence-electron chi connectivity index (χ3n) is 2.35. The smallest absolute Gasteiger partial charge is 0.325 e. The Labute approximate surface area is 76.6 Å². The Morgan fingerprint density at radius 3 is 2.54 bits per heavy atom. The van der Waals surface area contributed by atoms with Gasteiger partial charge in [0.1, 0.15) is 6.54 Å². The SMILES string of the molecule is COC(=O)CNC(=O)C1(CN)CC1. The first kappa shape index (κ1) is 9.98. The Hall–Kier alpha value is -1.10. The van der Waals surface area contributed by atoms with Gasteiger partial charge in [-0.25, -0.2) is 0 Å². The van der Waals surface area contributed by atoms with E-state index in [2.05, 4.69) is 10.1 Å². The fourth-order valence-electron chi connectivity index (χ4n) is 1.09. The molecule has 1 fully saturated rings. The van der Waals surface area contributed by atoms with E-state index in [0.29, 0.717) is 6.54 Å². The topological polar surface area (TPSA) is 81.4 Å². The number of hydrogen-bond donors (Lipinski definition) is 2. The van der Waals surface area contributed by atoms with Crippen LogP contribution in [0.25, 0.3) is 0 Å². The van der Waals surface area contributed by atoms with Crippen molar-refractivity contribution in [1.29, 1.82) is 0 Å². The van der Waals surface area contributed by atoms with Crippen molar-refractivity contribution in [2.24, 2.45) is 11.1 Å². The van der Waals surface area contributed by atoms with Gasteiger partial charge in [0.25, 0.3) is 0 Å². The first-order valence-corrected chi connectivity index (χ1v) is 4.20. The van der Waals surface area contributed by atoms with Gasteiger partial charge in [-0.15, -0.1) is 0 Å². The number of esters is 1. The van der Waals surface area contributed by atoms with E-state index in [9.17, 15) is 9.59 Å². The van der Waals surface area contributed by atoms with Gasteiger partial charge >= 0.3 is 5.97 Å². The molecule has 0 aromatic rings. The molecule has 0 bridgehead atoms. The van der Waals surface area contributed by atoms with Gasteiger partial charge < -0.3 is 15.8 Å². The molecule has 5 nitrogen and oxygen atoms in total. The number of rotatable bonds is 4. The predicted molar refractivity (Wildman–Crippen MR) is 45.7 cm³/mol. The van der Waals surface area contributed by atoms with Crippen LogP contribution in [0.15, 0.2) is 0 Å². The number of methoxy groups -OCH3 is 1. The van der Waals surface area contributed by atoms with Crippen LogP contribution in [0.1, 0.15) is 12.8 Å². The number of nitrogens with two attached hydrogens (primary N) is 1. The summed E-state index contributed by atoms with van der Waals surface area (Å²) in [4.78, 5) is 22.1. The molecule has 0 saturated heterocycles. The quantitative estimate of drug-likeness (QED) is 0.552. The van der Waals surface area contributed by atoms with Crippen molar-refractivity contribution in [3.63, 3.8) is 0 Å². The molecule has 0 aromatic heterocycles. The van der Waals surface area contributed by atoms with E-state index in [-0.39, 0.29) is 12.5 Å². The normalized spacial score (nSPS) is 17.7. The van der Waals surface area contributed by atoms with Gasteiger partial charge in [0.05, 0.1) is 12.5 Å². The summed E-state index contributed by atoms with van der Waals surface area (Å²) < 4.78 is 4.38. The highest BCUT2D eigenvalue weighted by Gasteiger charge is 2.48. The van der Waals surface area contributed by atoms with Crippen LogP contribution in [0, 0.1) is 5.41 Å². The van der Waals surface area contributed by atoms with E-state index < -0.39 is 11.4 Å². The van der Waals surface area contributed by atoms with Crippen molar-refractivity contribution < 1.29 is 14.3 Å². The average molecular weight is 186 g/mol. The van der Waals surface area contributed by atoms with E-state index in [1.807, 2.05) is 0 Å². The minimum atomic E-state index is -0.443. The number of carbonyl (C=O) groups is 2. The van der Waals surface area contributed by atoms with Crippen LogP contribution in [-0.4, -0.2) is 32.1 Å². The van der Waals surface area contributed by atoms with Crippen LogP contribution in [0.5, 0.6) is 0 Å². The third-order valence-corrected chi connectivity index (χ3v) is 2.35. The van der Waals surface area contributed by atoms with Gasteiger partial charge in [-0.3, -0.25) is 9.59 Å². The van der Waals surface area contributed by atoms with Crippen molar-refractivity contribution in [2.75, 3.05) is 20.2 Å². The number of nitrogens with one attached hydrogen (secondary N) is 1. The zero-order valence-corrected chi connectivity index (χ0v) is 7.63. The van der Waals surface area contributed by atoms with Crippen LogP contribution in [-0.2, 0) is 14.3 Å². The summed E-state index contributed by atoms with van der Waals surface area (Å²) in [6.45, 7) is 0.275. The van der Waals surface area contributed by atoms with E-state index in [1.54, 1.807) is 0 Å². The lowest BCUT2D eigenvalue weighted by Crippen LogP contribution is -2.39. The molecular formula is C8H14N2O3. The molecule has 0 unspecified atom stereocenters. The van der Waals surface area contributed by atoms with E-state index in [1.165, 1.54) is 7.11 Å². The molecule has 1 saturated carbocycles. The van der Waals surface area contributed by atoms with Gasteiger partial charge in [-0.05, 0) is 12.8 Å². The third kappa shape index (κ3) is 2.18. The van der Waals surface area contributed by atoms with Crippen molar-refractivity contribution >= 4 is 11.9 Å². The number of hydrogen-bond acceptors (Lipinski definition) is 4. The predicted octanol–water partition coefficient (Wildman–Crippen LogP) is -0.985. The van der Waals surface area contributed by atoms with Crippen LogP contribution in [0.4, 0.5) is 0 Å². The maximum Gasteiger partial charge on any atom is 0.325 e. The monoisotopic (exact) mass is 186 g/mol. The zero-order valence-electron chi connectivity index (χ0n) is 7.63. The average Bonchev–Trinajstić information content (AvgIpc) is 2.94. The van der Waals surface area contributed by atoms with Gasteiger partial charge in [0, 0.05) is 6.54 Å². The van der Waals surface area contributed by atoms with E-state index >= 15 is 0 Å². The second-order valence-electron chi connectivity index (χ2n) is 3.24. The van der Waals surface area contributed by atoms with Gasteiger partial charge in [0.15, 0.2) is 0 Å². The lowest BCUT2D eigenvalue weighted by Gasteiger charge is -2.11. The van der Waals surface area contributed by atoms with Crippen molar-refractivity contribution in [3.05, 3.63) is 0 Å². The fraction of sp³-hybridized carbons (Fsp3) is 0.750. The van der Waals surface area contributed by atoms with Crippen LogP contribution in [0.2, 0.25) is 0 Å². The zero-order chi connectivity index (χ0) is 9.90. The molecule has 1 rings (SSSR count). The van der Waals surface area contributed by atoms with Gasteiger partial charge in [0.2, 0.25) is 5.91 Å². The first-order chi connectivity index (χ1) is 6.14. The Morgan fingerprint density at radius 1 is 1.54 bits per heavy atom. The molecule has 5 heteroatoms. The molecule has 1 aliphatic rings. The summed E-state index contributed by atoms with van der Waals surface area (Å²) in [5, 5.41) is 2.49. The molecule has 74 valence electrons. The highest BCUT2D eigenvalue weighted by molar-refractivity contribution is 5.88. The number of carbonyl (C=O) groups excluding carboxylic acids is 2. The van der Waals surface area contributed by atoms with Crippen molar-refractivity contribution in [2.45, 2.75) is 12.8 Å². The molecule has 0 radical (unpaired) electrons. The molecule has 1 aliphatic carbocycles. The molecule has 0 aliphatic heterocycles. The molecule has 3 N–H and O–H groups in total. The molecule has 13 heavy (non-hydrogen) atoms. The lowest BCUT2D eigenvalue weighted by atomic mass is 10.1. The van der Waals surface area contributed by atoms with E-state index in [4.69, 9.17) is 5.73 Å². The number of amides is 1. The van der Waals surface area contributed by atoms with Gasteiger partial charge in [-0.1, -0.05) is 0 Å². The van der Waals surface area contributed by atoms with Crippen molar-refractivity contribution in [1.82, 2.24) is 5.32 Å². The maximum atomic E-state index is 11.4. The second kappa shape index (κ2) is 3.74. The Bertz CT molecular complexity index is 223. The maximum absolute atomic E-state index is 11.4. The second-order valence-corrected chi connectivity index (χ2v) is 3.24. The summed E-state index contributed by atoms with van der Waals surface area (Å²) in [5.41, 5.74) is 5.04. The van der Waals surface area contributed by atoms with Crippen molar-refractivity contribution in [3.8, 4) is 0 Å². The molecular weight excluding hydrogens is 172 g/mol. The fourth-order valence-corrected chi connectivity index (χ4v) is 1.09. The van der Waals surface area contributed by atoms with Crippen LogP contribution >= 0.6 is 0 Å². The minimum absolute atomic E-state index is 0.0723.